The van der Waals surface area contributed by atoms with Crippen LogP contribution in [0, 0.1) is 75.9 Å². The molecule has 0 saturated heterocycles. The summed E-state index contributed by atoms with van der Waals surface area (Å²) in [6, 6.07) is 4.93. The molecule has 0 N–H and O–H groups in total. The van der Waals surface area contributed by atoms with Crippen LogP contribution >= 0.6 is 0 Å². The Bertz CT molecular complexity index is 1970. The van der Waals surface area contributed by atoms with E-state index in [-0.39, 0.29) is 10.0 Å². The molecule has 0 aliphatic rings. The molecule has 0 aliphatic heterocycles. The molecule has 0 aliphatic carbocycles. The largest absolute Gasteiger partial charge is 0.864 e. The van der Waals surface area contributed by atoms with Gasteiger partial charge < -0.3 is 18.4 Å². The van der Waals surface area contributed by atoms with Gasteiger partial charge in [0.15, 0.2) is 52.4 Å². The molecule has 4 aromatic carbocycles. The quantitative estimate of drug-likeness (QED) is 0.0136. The molecule has 0 heterocycles. The van der Waals surface area contributed by atoms with Gasteiger partial charge in [-0.05, 0) is 27.2 Å². The van der Waals surface area contributed by atoms with Crippen molar-refractivity contribution in [2.45, 2.75) is 149 Å². The zero-order valence-corrected chi connectivity index (χ0v) is 38.8. The molecule has 67 heavy (non-hydrogen) atoms. The van der Waals surface area contributed by atoms with E-state index in [1.165, 1.54) is 70.6 Å². The Morgan fingerprint density at radius 3 is 1.12 bits per heavy atom. The summed E-state index contributed by atoms with van der Waals surface area (Å²) in [6.07, 6.45) is 20.2. The summed E-state index contributed by atoms with van der Waals surface area (Å²) in [5.41, 5.74) is -0.369. The third-order valence-corrected chi connectivity index (χ3v) is 12.1. The number of hydrogen-bond donors (Lipinski definition) is 0. The molecule has 0 spiro atoms. The Balaban J connectivity index is 0.00000118. The van der Waals surface area contributed by atoms with Crippen molar-refractivity contribution in [3.05, 3.63) is 124 Å². The number of hydrogen-bond acceptors (Lipinski definition) is 3. The molecular formula is C50H62BF12NO3. The SMILES string of the molecule is CCCCCCCCCCCCCCCCCCCC(c1c(OB(Oc2cc(F)c(F)c(F)c2)Oc2cc(F)c(F)c(F)c2)cc(F)c(F)c1F)[N+](CC)(CC)CC.Fc1c[c-]cc(F)c1F. The second-order valence-corrected chi connectivity index (χ2v) is 16.5. The summed E-state index contributed by atoms with van der Waals surface area (Å²) in [6.45, 7) is 9.28. The monoisotopic (exact) mass is 963 g/mol. The van der Waals surface area contributed by atoms with E-state index in [1.54, 1.807) is 0 Å². The molecule has 17 heteroatoms. The van der Waals surface area contributed by atoms with Gasteiger partial charge in [-0.2, -0.15) is 6.07 Å². The van der Waals surface area contributed by atoms with E-state index < -0.39 is 100 Å². The first kappa shape index (κ1) is 56.8. The van der Waals surface area contributed by atoms with Gasteiger partial charge in [0.1, 0.15) is 23.3 Å². The molecule has 0 bridgehead atoms. The van der Waals surface area contributed by atoms with Crippen LogP contribution in [0.3, 0.4) is 0 Å². The molecule has 0 aromatic heterocycles. The van der Waals surface area contributed by atoms with Crippen molar-refractivity contribution in [3.8, 4) is 17.2 Å². The Kier molecular flexibility index (Phi) is 24.9. The summed E-state index contributed by atoms with van der Waals surface area (Å²) in [5.74, 6) is -21.4. The van der Waals surface area contributed by atoms with Gasteiger partial charge in [-0.1, -0.05) is 110 Å². The van der Waals surface area contributed by atoms with Gasteiger partial charge in [0.25, 0.3) is 0 Å². The molecule has 0 fully saturated rings. The first-order chi connectivity index (χ1) is 32.0. The average molecular weight is 964 g/mol. The number of unbranched alkanes of at least 4 members (excludes halogenated alkanes) is 16. The van der Waals surface area contributed by atoms with Crippen molar-refractivity contribution in [3.63, 3.8) is 0 Å². The summed E-state index contributed by atoms with van der Waals surface area (Å²) >= 11 is 0. The van der Waals surface area contributed by atoms with Gasteiger partial charge in [0, 0.05) is 48.4 Å². The van der Waals surface area contributed by atoms with E-state index in [0.717, 1.165) is 44.2 Å². The van der Waals surface area contributed by atoms with Gasteiger partial charge >= 0.3 is 7.32 Å². The first-order valence-electron chi connectivity index (χ1n) is 23.4. The molecule has 4 aromatic rings. The minimum Gasteiger partial charge on any atom is -0.489 e. The lowest BCUT2D eigenvalue weighted by atomic mass is 9.93. The summed E-state index contributed by atoms with van der Waals surface area (Å²) in [7, 11) is -2.33. The highest BCUT2D eigenvalue weighted by molar-refractivity contribution is 6.39. The fourth-order valence-corrected chi connectivity index (χ4v) is 8.11. The van der Waals surface area contributed by atoms with Crippen LogP contribution in [0.5, 0.6) is 17.2 Å². The number of rotatable bonds is 29. The lowest BCUT2D eigenvalue weighted by Gasteiger charge is -2.44. The Labute approximate surface area is 387 Å². The highest BCUT2D eigenvalue weighted by atomic mass is 19.2. The van der Waals surface area contributed by atoms with E-state index >= 15 is 8.78 Å². The van der Waals surface area contributed by atoms with Crippen LogP contribution in [0.2, 0.25) is 0 Å². The van der Waals surface area contributed by atoms with Crippen LogP contribution in [0.4, 0.5) is 52.7 Å². The summed E-state index contributed by atoms with van der Waals surface area (Å²) in [4.78, 5) is 0. The third kappa shape index (κ3) is 17.5. The van der Waals surface area contributed by atoms with E-state index in [1.807, 2.05) is 20.8 Å². The topological polar surface area (TPSA) is 27.7 Å². The van der Waals surface area contributed by atoms with E-state index in [9.17, 15) is 43.9 Å². The molecule has 0 amide bonds. The van der Waals surface area contributed by atoms with Crippen molar-refractivity contribution in [1.82, 2.24) is 0 Å². The molecule has 0 radical (unpaired) electrons. The maximum Gasteiger partial charge on any atom is 0.864 e. The molecule has 1 unspecified atom stereocenters. The first-order valence-corrected chi connectivity index (χ1v) is 23.4. The zero-order chi connectivity index (χ0) is 49.5. The van der Waals surface area contributed by atoms with Gasteiger partial charge in [0.05, 0.1) is 31.0 Å². The minimum atomic E-state index is -2.33. The van der Waals surface area contributed by atoms with Crippen LogP contribution in [0.25, 0.3) is 0 Å². The fraction of sp³-hybridized carbons (Fsp3) is 0.520. The van der Waals surface area contributed by atoms with Crippen LogP contribution in [0.1, 0.15) is 155 Å². The number of quaternary nitrogens is 1. The Morgan fingerprint density at radius 2 is 0.761 bits per heavy atom. The lowest BCUT2D eigenvalue weighted by molar-refractivity contribution is -0.953. The van der Waals surface area contributed by atoms with Gasteiger partial charge in [-0.3, -0.25) is 8.78 Å². The average Bonchev–Trinajstić information content (AvgIpc) is 3.30. The lowest BCUT2D eigenvalue weighted by Crippen LogP contribution is -2.51. The smallest absolute Gasteiger partial charge is 0.489 e. The number of benzene rings is 4. The number of halogens is 12. The standard InChI is InChI=1S/C44H60BF9NO3.C6H2F3/c1-5-9-10-11-12-13-14-15-16-17-18-19-20-21-22-23-24-25-38(55(6-2,7-3)8-4)40-39(30-37(50)43(53)44(40)54)58-45(56-31-26-33(46)41(51)34(47)27-31)57-32-28-35(48)42(52)36(49)29-32;7-4-2-1-3-5(8)6(4)9/h26-30,38H,5-25H2,1-4H3;2-3H/q+1;-1. The Hall–Kier alpha value is -4.54. The summed E-state index contributed by atoms with van der Waals surface area (Å²) < 4.78 is 183. The third-order valence-electron chi connectivity index (χ3n) is 12.1. The summed E-state index contributed by atoms with van der Waals surface area (Å²) in [5, 5.41) is 0. The molecule has 4 nitrogen and oxygen atoms in total. The highest BCUT2D eigenvalue weighted by Crippen LogP contribution is 2.42. The van der Waals surface area contributed by atoms with E-state index in [4.69, 9.17) is 14.0 Å². The zero-order valence-electron chi connectivity index (χ0n) is 38.8. The highest BCUT2D eigenvalue weighted by Gasteiger charge is 2.42. The van der Waals surface area contributed by atoms with Crippen molar-refractivity contribution < 1.29 is 71.1 Å². The second-order valence-electron chi connectivity index (χ2n) is 16.5. The predicted octanol–water partition coefficient (Wildman–Crippen LogP) is 16.3. The van der Waals surface area contributed by atoms with Crippen LogP contribution < -0.4 is 14.0 Å². The molecule has 0 saturated carbocycles. The van der Waals surface area contributed by atoms with Crippen molar-refractivity contribution >= 4 is 7.32 Å². The van der Waals surface area contributed by atoms with Gasteiger partial charge in [0.2, 0.25) is 0 Å². The van der Waals surface area contributed by atoms with E-state index in [2.05, 4.69) is 13.0 Å². The maximum atomic E-state index is 16.2. The van der Waals surface area contributed by atoms with Gasteiger partial charge in [-0.15, -0.1) is 12.1 Å². The normalized spacial score (nSPS) is 11.9. The molecular weight excluding hydrogens is 901 g/mol. The molecule has 1 atom stereocenters. The maximum absolute atomic E-state index is 16.2. The van der Waals surface area contributed by atoms with Crippen molar-refractivity contribution in [2.75, 3.05) is 19.6 Å². The molecule has 4 rings (SSSR count). The van der Waals surface area contributed by atoms with E-state index in [0.29, 0.717) is 62.8 Å². The van der Waals surface area contributed by atoms with Crippen molar-refractivity contribution in [1.29, 1.82) is 0 Å². The van der Waals surface area contributed by atoms with Crippen LogP contribution in [-0.2, 0) is 0 Å². The fourth-order valence-electron chi connectivity index (χ4n) is 8.11. The van der Waals surface area contributed by atoms with Crippen LogP contribution in [-0.4, -0.2) is 31.4 Å². The Morgan fingerprint density at radius 1 is 0.418 bits per heavy atom. The minimum absolute atomic E-state index is 0.229. The predicted molar refractivity (Wildman–Crippen MR) is 235 cm³/mol. The van der Waals surface area contributed by atoms with Crippen molar-refractivity contribution in [2.24, 2.45) is 0 Å². The van der Waals surface area contributed by atoms with Gasteiger partial charge in [-0.25, -0.2) is 43.9 Å². The van der Waals surface area contributed by atoms with Crippen LogP contribution in [0.15, 0.2) is 42.5 Å². The molecule has 372 valence electrons. The second kappa shape index (κ2) is 29.4. The number of nitrogens with zero attached hydrogens (tertiary/aromatic N) is 1.